The minimum absolute atomic E-state index is 0.135. The van der Waals surface area contributed by atoms with Crippen molar-refractivity contribution in [3.63, 3.8) is 0 Å². The summed E-state index contributed by atoms with van der Waals surface area (Å²) in [5.74, 6) is 1.05. The molecule has 3 aromatic rings. The number of hydrazone groups is 1. The number of nitrogens with zero attached hydrogens (tertiary/aromatic N) is 1. The molecule has 3 rings (SSSR count). The zero-order valence-corrected chi connectivity index (χ0v) is 17.6. The molecule has 0 atom stereocenters. The molecule has 0 aliphatic rings. The van der Waals surface area contributed by atoms with Crippen molar-refractivity contribution >= 4 is 28.1 Å². The average molecular weight is 453 g/mol. The summed E-state index contributed by atoms with van der Waals surface area (Å²) < 4.78 is 11.8. The summed E-state index contributed by atoms with van der Waals surface area (Å²) >= 11 is 3.50. The molecule has 0 fully saturated rings. The van der Waals surface area contributed by atoms with Gasteiger partial charge in [-0.05, 0) is 75.9 Å². The number of carbonyl (C=O) groups excluding carboxylic acids is 1. The van der Waals surface area contributed by atoms with Crippen LogP contribution in [0, 0.1) is 0 Å². The first-order valence-corrected chi connectivity index (χ1v) is 9.97. The predicted octanol–water partition coefficient (Wildman–Crippen LogP) is 5.04. The summed E-state index contributed by atoms with van der Waals surface area (Å²) in [7, 11) is 0. The van der Waals surface area contributed by atoms with E-state index in [-0.39, 0.29) is 12.5 Å². The van der Waals surface area contributed by atoms with E-state index in [1.165, 1.54) is 0 Å². The Morgan fingerprint density at radius 1 is 1.00 bits per heavy atom. The lowest BCUT2D eigenvalue weighted by molar-refractivity contribution is -0.123. The van der Waals surface area contributed by atoms with Crippen LogP contribution in [-0.2, 0) is 4.79 Å². The number of rotatable bonds is 8. The van der Waals surface area contributed by atoms with Crippen molar-refractivity contribution in [2.24, 2.45) is 5.10 Å². The molecule has 0 radical (unpaired) electrons. The molecule has 6 heteroatoms. The van der Waals surface area contributed by atoms with Gasteiger partial charge in [0.1, 0.15) is 11.5 Å². The zero-order chi connectivity index (χ0) is 20.5. The number of amides is 1. The van der Waals surface area contributed by atoms with Gasteiger partial charge < -0.3 is 9.47 Å². The second kappa shape index (κ2) is 10.4. The molecule has 1 N–H and O–H groups in total. The van der Waals surface area contributed by atoms with Gasteiger partial charge in [0.2, 0.25) is 0 Å². The van der Waals surface area contributed by atoms with Gasteiger partial charge in [-0.25, -0.2) is 5.43 Å². The van der Waals surface area contributed by atoms with E-state index in [4.69, 9.17) is 9.47 Å². The summed E-state index contributed by atoms with van der Waals surface area (Å²) in [5, 5.41) is 3.95. The minimum atomic E-state index is -0.341. The van der Waals surface area contributed by atoms with Crippen molar-refractivity contribution in [1.82, 2.24) is 5.43 Å². The van der Waals surface area contributed by atoms with Crippen molar-refractivity contribution in [1.29, 1.82) is 0 Å². The first kappa shape index (κ1) is 20.6. The highest BCUT2D eigenvalue weighted by Crippen LogP contribution is 2.30. The molecule has 0 unspecified atom stereocenters. The number of ether oxygens (including phenoxy) is 2. The third kappa shape index (κ3) is 6.19. The summed E-state index contributed by atoms with van der Waals surface area (Å²) in [6.45, 7) is 2.42. The van der Waals surface area contributed by atoms with Gasteiger partial charge in [0, 0.05) is 0 Å². The molecule has 0 saturated carbocycles. The lowest BCUT2D eigenvalue weighted by Crippen LogP contribution is -2.24. The number of carbonyl (C=O) groups is 1. The Balaban J connectivity index is 1.50. The third-order valence-corrected chi connectivity index (χ3v) is 4.61. The van der Waals surface area contributed by atoms with Crippen LogP contribution in [0.25, 0.3) is 11.1 Å². The molecule has 0 aliphatic carbocycles. The molecule has 0 bridgehead atoms. The molecule has 3 aromatic carbocycles. The van der Waals surface area contributed by atoms with E-state index in [2.05, 4.69) is 26.5 Å². The van der Waals surface area contributed by atoms with Gasteiger partial charge >= 0.3 is 0 Å². The monoisotopic (exact) mass is 452 g/mol. The van der Waals surface area contributed by atoms with Crippen LogP contribution in [0.15, 0.2) is 82.4 Å². The van der Waals surface area contributed by atoms with Gasteiger partial charge in [-0.1, -0.05) is 36.4 Å². The van der Waals surface area contributed by atoms with Crippen molar-refractivity contribution in [3.8, 4) is 22.6 Å². The zero-order valence-electron chi connectivity index (χ0n) is 16.0. The fourth-order valence-corrected chi connectivity index (χ4v) is 3.09. The van der Waals surface area contributed by atoms with Gasteiger partial charge in [-0.3, -0.25) is 4.79 Å². The number of hydrogen-bond donors (Lipinski definition) is 1. The van der Waals surface area contributed by atoms with Gasteiger partial charge in [0.15, 0.2) is 6.61 Å². The van der Waals surface area contributed by atoms with Crippen molar-refractivity contribution in [2.75, 3.05) is 13.2 Å². The van der Waals surface area contributed by atoms with E-state index < -0.39 is 0 Å². The predicted molar refractivity (Wildman–Crippen MR) is 118 cm³/mol. The summed E-state index contributed by atoms with van der Waals surface area (Å²) in [5.41, 5.74) is 5.49. The van der Waals surface area contributed by atoms with E-state index in [1.807, 2.05) is 79.7 Å². The average Bonchev–Trinajstić information content (AvgIpc) is 2.75. The molecular formula is C23H21BrN2O3. The molecule has 5 nitrogen and oxygen atoms in total. The molecule has 29 heavy (non-hydrogen) atoms. The topological polar surface area (TPSA) is 59.9 Å². The van der Waals surface area contributed by atoms with Gasteiger partial charge in [0.05, 0.1) is 17.3 Å². The standard InChI is InChI=1S/C23H21BrN2O3/c1-2-28-20-11-8-17(9-12-20)15-25-26-23(27)16-29-22-13-10-19(14-21(22)24)18-6-4-3-5-7-18/h3-15H,2,16H2,1H3,(H,26,27)/b25-15+. The maximum absolute atomic E-state index is 12.0. The SMILES string of the molecule is CCOc1ccc(/C=N/NC(=O)COc2ccc(-c3ccccc3)cc2Br)cc1. The number of halogens is 1. The molecule has 1 amide bonds. The van der Waals surface area contributed by atoms with Crippen LogP contribution < -0.4 is 14.9 Å². The second-order valence-corrected chi connectivity index (χ2v) is 6.95. The van der Waals surface area contributed by atoms with Gasteiger partial charge in [-0.2, -0.15) is 5.10 Å². The Morgan fingerprint density at radius 3 is 2.45 bits per heavy atom. The van der Waals surface area contributed by atoms with E-state index in [1.54, 1.807) is 6.21 Å². The van der Waals surface area contributed by atoms with Crippen molar-refractivity contribution in [3.05, 3.63) is 82.8 Å². The molecule has 0 spiro atoms. The van der Waals surface area contributed by atoms with Crippen LogP contribution in [0.2, 0.25) is 0 Å². The molecule has 0 saturated heterocycles. The third-order valence-electron chi connectivity index (χ3n) is 3.99. The highest BCUT2D eigenvalue weighted by molar-refractivity contribution is 9.10. The van der Waals surface area contributed by atoms with E-state index in [0.29, 0.717) is 12.4 Å². The summed E-state index contributed by atoms with van der Waals surface area (Å²) in [4.78, 5) is 12.0. The van der Waals surface area contributed by atoms with E-state index in [9.17, 15) is 4.79 Å². The van der Waals surface area contributed by atoms with Crippen LogP contribution >= 0.6 is 15.9 Å². The second-order valence-electron chi connectivity index (χ2n) is 6.10. The largest absolute Gasteiger partial charge is 0.494 e. The van der Waals surface area contributed by atoms with Gasteiger partial charge in [0.25, 0.3) is 5.91 Å². The molecule has 0 heterocycles. The fraction of sp³-hybridized carbons (Fsp3) is 0.130. The Bertz CT molecular complexity index is 973. The Hall–Kier alpha value is -3.12. The first-order valence-electron chi connectivity index (χ1n) is 9.18. The smallest absolute Gasteiger partial charge is 0.277 e. The maximum Gasteiger partial charge on any atom is 0.277 e. The van der Waals surface area contributed by atoms with E-state index in [0.717, 1.165) is 26.9 Å². The Labute approximate surface area is 178 Å². The summed E-state index contributed by atoms with van der Waals surface area (Å²) in [6.07, 6.45) is 1.57. The molecule has 0 aromatic heterocycles. The van der Waals surface area contributed by atoms with Crippen LogP contribution in [0.1, 0.15) is 12.5 Å². The van der Waals surface area contributed by atoms with Crippen molar-refractivity contribution in [2.45, 2.75) is 6.92 Å². The lowest BCUT2D eigenvalue weighted by atomic mass is 10.1. The van der Waals surface area contributed by atoms with Crippen LogP contribution in [0.4, 0.5) is 0 Å². The fourth-order valence-electron chi connectivity index (χ4n) is 2.60. The normalized spacial score (nSPS) is 10.7. The van der Waals surface area contributed by atoms with Gasteiger partial charge in [-0.15, -0.1) is 0 Å². The first-order chi connectivity index (χ1) is 14.2. The number of nitrogens with one attached hydrogen (secondary N) is 1. The highest BCUT2D eigenvalue weighted by Gasteiger charge is 2.07. The maximum atomic E-state index is 12.0. The molecule has 0 aliphatic heterocycles. The Kier molecular flexibility index (Phi) is 7.41. The van der Waals surface area contributed by atoms with Crippen LogP contribution in [0.3, 0.4) is 0 Å². The lowest BCUT2D eigenvalue weighted by Gasteiger charge is -2.09. The summed E-state index contributed by atoms with van der Waals surface area (Å²) in [6, 6.07) is 23.2. The van der Waals surface area contributed by atoms with Crippen LogP contribution in [-0.4, -0.2) is 25.3 Å². The van der Waals surface area contributed by atoms with E-state index >= 15 is 0 Å². The quantitative estimate of drug-likeness (QED) is 0.384. The van der Waals surface area contributed by atoms with Crippen LogP contribution in [0.5, 0.6) is 11.5 Å². The number of hydrogen-bond acceptors (Lipinski definition) is 4. The molecular weight excluding hydrogens is 432 g/mol. The minimum Gasteiger partial charge on any atom is -0.494 e. The molecule has 148 valence electrons. The highest BCUT2D eigenvalue weighted by atomic mass is 79.9. The Morgan fingerprint density at radius 2 is 1.76 bits per heavy atom. The number of benzene rings is 3. The van der Waals surface area contributed by atoms with Crippen molar-refractivity contribution < 1.29 is 14.3 Å².